The molecule has 0 bridgehead atoms. The monoisotopic (exact) mass is 973 g/mol. The van der Waals surface area contributed by atoms with Gasteiger partial charge in [-0.15, -0.1) is 0 Å². The van der Waals surface area contributed by atoms with Crippen molar-refractivity contribution in [1.82, 2.24) is 0 Å². The zero-order valence-corrected chi connectivity index (χ0v) is 50.6. The van der Waals surface area contributed by atoms with Crippen LogP contribution in [0.3, 0.4) is 0 Å². The summed E-state index contributed by atoms with van der Waals surface area (Å²) >= 11 is 0. The van der Waals surface area contributed by atoms with Crippen LogP contribution in [0.5, 0.6) is 23.0 Å². The highest BCUT2D eigenvalue weighted by Crippen LogP contribution is 2.60. The molecule has 0 N–H and O–H groups in total. The summed E-state index contributed by atoms with van der Waals surface area (Å²) in [6.45, 7) is 54.6. The first-order valence-electron chi connectivity index (χ1n) is 26.0. The van der Waals surface area contributed by atoms with Crippen LogP contribution in [0.4, 0.5) is 0 Å². The molecule has 1 heterocycles. The number of benzene rings is 4. The van der Waals surface area contributed by atoms with Gasteiger partial charge < -0.3 is 23.4 Å². The zero-order valence-electron chi connectivity index (χ0n) is 49.6. The molecule has 0 saturated carbocycles. The van der Waals surface area contributed by atoms with Crippen LogP contribution >= 0.6 is 0 Å². The summed E-state index contributed by atoms with van der Waals surface area (Å²) in [4.78, 5) is 0. The maximum atomic E-state index is 18.3. The predicted octanol–water partition coefficient (Wildman–Crippen LogP) is 16.7. The lowest BCUT2D eigenvalue weighted by molar-refractivity contribution is 0.379. The van der Waals surface area contributed by atoms with Crippen LogP contribution in [0.25, 0.3) is 0 Å². The van der Waals surface area contributed by atoms with Gasteiger partial charge in [0.25, 0.3) is 0 Å². The molecule has 1 fully saturated rings. The first kappa shape index (κ1) is 57.0. The minimum Gasteiger partial charge on any atom is -0.496 e. The molecule has 0 aliphatic carbocycles. The average molecular weight is 974 g/mol. The fourth-order valence-electron chi connectivity index (χ4n) is 11.2. The Hall–Kier alpha value is -3.90. The molecule has 1 saturated heterocycles. The summed E-state index contributed by atoms with van der Waals surface area (Å²) in [6.07, 6.45) is 1.29. The standard InChI is InChI=1S/C64H96O5Si/c1-55(2,3)43-31-39(32-44(51(43)66-25)56(4,5)6)63(40-33-45(57(7,8)9)52(67-26)46(34-40)58(10,11)12)29-30-64(70(63)65,41-35-47(59(13,14)15)53(68-27)48(36-41)60(16,17)18)42-37-49(61(19,20)21)54(69-28)50(38-42)62(22,23)24/h31-38H,29-30H2,1-28H3. The van der Waals surface area contributed by atoms with Crippen molar-refractivity contribution in [3.05, 3.63) is 115 Å². The van der Waals surface area contributed by atoms with Gasteiger partial charge in [-0.25, -0.2) is 0 Å². The minimum absolute atomic E-state index is 0.292. The van der Waals surface area contributed by atoms with E-state index in [1.165, 1.54) is 0 Å². The van der Waals surface area contributed by atoms with E-state index in [4.69, 9.17) is 18.9 Å². The van der Waals surface area contributed by atoms with Crippen molar-refractivity contribution >= 4 is 8.68 Å². The third-order valence-corrected chi connectivity index (χ3v) is 18.5. The van der Waals surface area contributed by atoms with E-state index in [2.05, 4.69) is 215 Å². The van der Waals surface area contributed by atoms with E-state index >= 15 is 4.46 Å². The van der Waals surface area contributed by atoms with Crippen molar-refractivity contribution in [1.29, 1.82) is 0 Å². The lowest BCUT2D eigenvalue weighted by atomic mass is 9.71. The smallest absolute Gasteiger partial charge is 0.307 e. The first-order valence-corrected chi connectivity index (χ1v) is 27.4. The Balaban J connectivity index is 2.26. The summed E-state index contributed by atoms with van der Waals surface area (Å²) in [7, 11) is 4.28. The Bertz CT molecular complexity index is 2130. The number of ether oxygens (including phenoxy) is 4. The molecule has 5 nitrogen and oxygen atoms in total. The Morgan fingerprint density at radius 2 is 0.429 bits per heavy atom. The summed E-state index contributed by atoms with van der Waals surface area (Å²) in [6, 6.07) is 19.1. The van der Waals surface area contributed by atoms with Crippen LogP contribution in [-0.2, 0) is 57.9 Å². The van der Waals surface area contributed by atoms with Crippen molar-refractivity contribution in [3.63, 3.8) is 0 Å². The van der Waals surface area contributed by atoms with Gasteiger partial charge >= 0.3 is 8.68 Å². The second-order valence-corrected chi connectivity index (χ2v) is 31.4. The third kappa shape index (κ3) is 10.1. The van der Waals surface area contributed by atoms with Crippen molar-refractivity contribution in [2.45, 2.75) is 232 Å². The molecule has 6 heteroatoms. The second kappa shape index (κ2) is 18.2. The summed E-state index contributed by atoms with van der Waals surface area (Å²) in [5.41, 5.74) is 10.9. The van der Waals surface area contributed by atoms with Crippen molar-refractivity contribution < 1.29 is 23.4 Å². The van der Waals surface area contributed by atoms with Crippen LogP contribution < -0.4 is 18.9 Å². The molecule has 4 aromatic rings. The van der Waals surface area contributed by atoms with Crippen LogP contribution in [0.2, 0.25) is 0 Å². The zero-order chi connectivity index (χ0) is 53.7. The molecule has 0 radical (unpaired) electrons. The fraction of sp³-hybridized carbons (Fsp3) is 0.625. The Morgan fingerprint density at radius 3 is 0.529 bits per heavy atom. The largest absolute Gasteiger partial charge is 0.496 e. The maximum Gasteiger partial charge on any atom is 0.307 e. The van der Waals surface area contributed by atoms with Gasteiger partial charge in [-0.3, -0.25) is 0 Å². The molecule has 1 aliphatic rings. The normalized spacial score (nSPS) is 16.1. The van der Waals surface area contributed by atoms with Gasteiger partial charge in [0.05, 0.1) is 38.5 Å². The first-order chi connectivity index (χ1) is 31.5. The lowest BCUT2D eigenvalue weighted by Crippen LogP contribution is -2.46. The van der Waals surface area contributed by atoms with Gasteiger partial charge in [-0.05, 0) is 78.4 Å². The van der Waals surface area contributed by atoms with Crippen LogP contribution in [-0.4, -0.2) is 37.1 Å². The number of methoxy groups -OCH3 is 4. The highest BCUT2D eigenvalue weighted by molar-refractivity contribution is 6.54. The fourth-order valence-corrected chi connectivity index (χ4v) is 14.3. The molecule has 0 atom stereocenters. The summed E-state index contributed by atoms with van der Waals surface area (Å²) < 4.78 is 44.2. The van der Waals surface area contributed by atoms with Crippen LogP contribution in [0.15, 0.2) is 48.5 Å². The van der Waals surface area contributed by atoms with Gasteiger partial charge in [-0.1, -0.05) is 215 Å². The maximum absolute atomic E-state index is 18.3. The Kier molecular flexibility index (Phi) is 14.9. The van der Waals surface area contributed by atoms with E-state index in [0.29, 0.717) is 12.8 Å². The van der Waals surface area contributed by atoms with Crippen molar-refractivity contribution in [2.75, 3.05) is 28.4 Å². The van der Waals surface area contributed by atoms with E-state index in [1.54, 1.807) is 28.4 Å². The van der Waals surface area contributed by atoms with Crippen LogP contribution in [0, 0.1) is 0 Å². The predicted molar refractivity (Wildman–Crippen MR) is 299 cm³/mol. The van der Waals surface area contributed by atoms with E-state index in [-0.39, 0.29) is 43.3 Å². The molecule has 0 spiro atoms. The Morgan fingerprint density at radius 1 is 0.300 bits per heavy atom. The topological polar surface area (TPSA) is 54.0 Å². The van der Waals surface area contributed by atoms with Crippen LogP contribution in [0.1, 0.15) is 246 Å². The summed E-state index contributed by atoms with van der Waals surface area (Å²) in [5.74, 6) is 3.62. The number of hydrogen-bond donors (Lipinski definition) is 0. The van der Waals surface area contributed by atoms with Gasteiger partial charge in [0.2, 0.25) is 0 Å². The Labute approximate surface area is 429 Å². The second-order valence-electron chi connectivity index (χ2n) is 29.1. The third-order valence-electron chi connectivity index (χ3n) is 15.3. The van der Waals surface area contributed by atoms with Gasteiger partial charge in [0, 0.05) is 44.5 Å². The van der Waals surface area contributed by atoms with Crippen molar-refractivity contribution in [3.8, 4) is 23.0 Å². The molecular formula is C64H96O5Si. The molecule has 0 unspecified atom stereocenters. The average Bonchev–Trinajstić information content (AvgIpc) is 3.52. The molecular weight excluding hydrogens is 877 g/mol. The number of hydrogen-bond acceptors (Lipinski definition) is 5. The molecule has 1 aliphatic heterocycles. The van der Waals surface area contributed by atoms with Gasteiger partial charge in [-0.2, -0.15) is 0 Å². The highest BCUT2D eigenvalue weighted by atomic mass is 28.3. The lowest BCUT2D eigenvalue weighted by Gasteiger charge is -2.40. The van der Waals surface area contributed by atoms with E-state index in [0.717, 1.165) is 89.8 Å². The molecule has 5 rings (SSSR count). The number of rotatable bonds is 8. The van der Waals surface area contributed by atoms with Crippen molar-refractivity contribution in [2.24, 2.45) is 0 Å². The molecule has 70 heavy (non-hydrogen) atoms. The summed E-state index contributed by atoms with van der Waals surface area (Å²) in [5, 5.41) is -1.90. The highest BCUT2D eigenvalue weighted by Gasteiger charge is 2.63. The van der Waals surface area contributed by atoms with Gasteiger partial charge in [0.1, 0.15) is 23.0 Å². The van der Waals surface area contributed by atoms with Gasteiger partial charge in [0.15, 0.2) is 0 Å². The SMILES string of the molecule is COc1c(C(C)(C)C)cc(C2(c3cc(C(C)(C)C)c(OC)c(C(C)(C)C)c3)CCC(c3cc(C(C)(C)C)c(OC)c(C(C)(C)C)c3)(c3cc(C(C)(C)C)c(OC)c(C(C)(C)C)c3)[Si]2=O)cc1C(C)(C)C. The van der Waals surface area contributed by atoms with E-state index in [9.17, 15) is 0 Å². The molecule has 0 aromatic heterocycles. The quantitative estimate of drug-likeness (QED) is 0.165. The molecule has 4 aromatic carbocycles. The van der Waals surface area contributed by atoms with E-state index in [1.807, 2.05) is 0 Å². The minimum atomic E-state index is -2.94. The molecule has 0 amide bonds. The molecule has 386 valence electrons. The van der Waals surface area contributed by atoms with E-state index < -0.39 is 18.8 Å².